The van der Waals surface area contributed by atoms with Gasteiger partial charge in [-0.05, 0) is 41.5 Å². The van der Waals surface area contributed by atoms with E-state index in [1.807, 2.05) is 0 Å². The number of rotatable bonds is 8. The minimum Gasteiger partial charge on any atom is -0.508 e. The fraction of sp³-hybridized carbons (Fsp3) is 0.150. The summed E-state index contributed by atoms with van der Waals surface area (Å²) in [6, 6.07) is 8.60. The van der Waals surface area contributed by atoms with Crippen LogP contribution in [0.15, 0.2) is 48.5 Å². The molecule has 0 unspecified atom stereocenters. The van der Waals surface area contributed by atoms with Crippen molar-refractivity contribution in [3.8, 4) is 17.2 Å². The summed E-state index contributed by atoms with van der Waals surface area (Å²) < 4.78 is 4.69. The van der Waals surface area contributed by atoms with Gasteiger partial charge in [-0.2, -0.15) is 0 Å². The SMILES string of the molecule is O=C(C=Cc1ccc(O)c(O)c1)O[C@H](C(=O)O)[C@](O)(Cc1ccc(O)cc1)C(=O)O. The van der Waals surface area contributed by atoms with E-state index in [0.717, 1.165) is 24.3 Å². The molecule has 0 aromatic heterocycles. The Bertz CT molecular complexity index is 980. The normalized spacial score (nSPS) is 14.0. The molecule has 0 fully saturated rings. The molecule has 30 heavy (non-hydrogen) atoms. The van der Waals surface area contributed by atoms with Gasteiger partial charge in [-0.15, -0.1) is 0 Å². The Morgan fingerprint density at radius 3 is 2.13 bits per heavy atom. The standard InChI is InChI=1S/C20H18O10/c21-13-5-1-12(2-6-13)10-20(29,19(27)28)17(18(25)26)30-16(24)8-4-11-3-7-14(22)15(23)9-11/h1-9,17,21-23,29H,10H2,(H,25,26)(H,27,28)/t17-,20-/m1/s1. The summed E-state index contributed by atoms with van der Waals surface area (Å²) in [5.41, 5.74) is -2.56. The van der Waals surface area contributed by atoms with Gasteiger partial charge in [-0.3, -0.25) is 0 Å². The van der Waals surface area contributed by atoms with Crippen molar-refractivity contribution in [1.82, 2.24) is 0 Å². The second-order valence-corrected chi connectivity index (χ2v) is 6.31. The predicted molar refractivity (Wildman–Crippen MR) is 101 cm³/mol. The Morgan fingerprint density at radius 2 is 1.60 bits per heavy atom. The first-order valence-electron chi connectivity index (χ1n) is 8.40. The molecule has 2 atom stereocenters. The molecular formula is C20H18O10. The van der Waals surface area contributed by atoms with Crippen LogP contribution in [0.1, 0.15) is 11.1 Å². The van der Waals surface area contributed by atoms with Crippen molar-refractivity contribution in [1.29, 1.82) is 0 Å². The first kappa shape index (κ1) is 22.2. The van der Waals surface area contributed by atoms with E-state index in [9.17, 15) is 45.0 Å². The van der Waals surface area contributed by atoms with Crippen molar-refractivity contribution in [2.75, 3.05) is 0 Å². The van der Waals surface area contributed by atoms with Gasteiger partial charge in [-0.25, -0.2) is 14.4 Å². The van der Waals surface area contributed by atoms with Crippen LogP contribution in [0.25, 0.3) is 6.08 Å². The van der Waals surface area contributed by atoms with E-state index >= 15 is 0 Å². The Morgan fingerprint density at radius 1 is 0.967 bits per heavy atom. The second-order valence-electron chi connectivity index (χ2n) is 6.31. The minimum absolute atomic E-state index is 0.121. The van der Waals surface area contributed by atoms with Gasteiger partial charge >= 0.3 is 17.9 Å². The van der Waals surface area contributed by atoms with E-state index in [2.05, 4.69) is 0 Å². The van der Waals surface area contributed by atoms with E-state index in [1.54, 1.807) is 0 Å². The quantitative estimate of drug-likeness (QED) is 0.204. The molecule has 0 aliphatic heterocycles. The molecule has 10 heteroatoms. The van der Waals surface area contributed by atoms with Gasteiger partial charge < -0.3 is 35.4 Å². The molecular weight excluding hydrogens is 400 g/mol. The van der Waals surface area contributed by atoms with Crippen LogP contribution in [-0.2, 0) is 25.5 Å². The summed E-state index contributed by atoms with van der Waals surface area (Å²) in [6.45, 7) is 0. The second kappa shape index (κ2) is 8.97. The molecule has 0 aliphatic rings. The molecule has 0 aliphatic carbocycles. The Balaban J connectivity index is 2.24. The third kappa shape index (κ3) is 5.26. The minimum atomic E-state index is -3.00. The lowest BCUT2D eigenvalue weighted by Crippen LogP contribution is -2.56. The van der Waals surface area contributed by atoms with Crippen LogP contribution in [0.3, 0.4) is 0 Å². The van der Waals surface area contributed by atoms with Crippen LogP contribution in [0.2, 0.25) is 0 Å². The molecule has 0 saturated heterocycles. The van der Waals surface area contributed by atoms with Crippen LogP contribution < -0.4 is 0 Å². The maximum absolute atomic E-state index is 12.0. The maximum atomic E-state index is 12.0. The van der Waals surface area contributed by atoms with E-state index in [1.165, 1.54) is 30.3 Å². The molecule has 2 aromatic rings. The lowest BCUT2D eigenvalue weighted by Gasteiger charge is -2.29. The molecule has 0 radical (unpaired) electrons. The topological polar surface area (TPSA) is 182 Å². The highest BCUT2D eigenvalue weighted by Gasteiger charge is 2.51. The number of ether oxygens (including phenoxy) is 1. The number of carboxylic acid groups (broad SMARTS) is 2. The first-order valence-corrected chi connectivity index (χ1v) is 8.40. The number of carboxylic acids is 2. The molecule has 0 bridgehead atoms. The van der Waals surface area contributed by atoms with Crippen LogP contribution in [0.5, 0.6) is 17.2 Å². The van der Waals surface area contributed by atoms with Crippen LogP contribution in [0, 0.1) is 0 Å². The van der Waals surface area contributed by atoms with E-state index in [-0.39, 0.29) is 22.6 Å². The number of phenolic OH excluding ortho intramolecular Hbond substituents is 3. The van der Waals surface area contributed by atoms with E-state index in [0.29, 0.717) is 0 Å². The van der Waals surface area contributed by atoms with Crippen molar-refractivity contribution < 1.29 is 49.8 Å². The zero-order valence-electron chi connectivity index (χ0n) is 15.3. The lowest BCUT2D eigenvalue weighted by atomic mass is 9.88. The highest BCUT2D eigenvalue weighted by Crippen LogP contribution is 2.26. The number of carbonyl (C=O) groups is 3. The van der Waals surface area contributed by atoms with Crippen LogP contribution in [-0.4, -0.2) is 60.3 Å². The maximum Gasteiger partial charge on any atom is 0.348 e. The Kier molecular flexibility index (Phi) is 6.65. The van der Waals surface area contributed by atoms with Crippen molar-refractivity contribution in [3.63, 3.8) is 0 Å². The Labute approximate surface area is 169 Å². The van der Waals surface area contributed by atoms with Gasteiger partial charge in [-0.1, -0.05) is 18.2 Å². The van der Waals surface area contributed by atoms with E-state index in [4.69, 9.17) is 4.74 Å². The van der Waals surface area contributed by atoms with Crippen LogP contribution >= 0.6 is 0 Å². The van der Waals surface area contributed by atoms with Crippen molar-refractivity contribution in [2.45, 2.75) is 18.1 Å². The van der Waals surface area contributed by atoms with Gasteiger partial charge in [0.05, 0.1) is 0 Å². The molecule has 0 spiro atoms. The molecule has 2 rings (SSSR count). The van der Waals surface area contributed by atoms with Gasteiger partial charge in [0.25, 0.3) is 0 Å². The Hall–Kier alpha value is -4.05. The lowest BCUT2D eigenvalue weighted by molar-refractivity contribution is -0.192. The third-order valence-electron chi connectivity index (χ3n) is 4.08. The number of hydrogen-bond donors (Lipinski definition) is 6. The number of esters is 1. The number of phenols is 3. The van der Waals surface area contributed by atoms with Gasteiger partial charge in [0, 0.05) is 12.5 Å². The fourth-order valence-corrected chi connectivity index (χ4v) is 2.52. The van der Waals surface area contributed by atoms with Crippen LogP contribution in [0.4, 0.5) is 0 Å². The molecule has 2 aromatic carbocycles. The number of aromatic hydroxyl groups is 3. The molecule has 6 N–H and O–H groups in total. The molecule has 10 nitrogen and oxygen atoms in total. The van der Waals surface area contributed by atoms with E-state index < -0.39 is 41.8 Å². The summed E-state index contributed by atoms with van der Waals surface area (Å²) in [5, 5.41) is 57.3. The third-order valence-corrected chi connectivity index (χ3v) is 4.08. The summed E-state index contributed by atoms with van der Waals surface area (Å²) in [7, 11) is 0. The summed E-state index contributed by atoms with van der Waals surface area (Å²) in [6.07, 6.45) is -1.28. The van der Waals surface area contributed by atoms with Crippen molar-refractivity contribution in [3.05, 3.63) is 59.7 Å². The summed E-state index contributed by atoms with van der Waals surface area (Å²) in [5.74, 6) is -6.04. The smallest absolute Gasteiger partial charge is 0.348 e. The molecule has 0 amide bonds. The molecule has 0 heterocycles. The summed E-state index contributed by atoms with van der Waals surface area (Å²) in [4.78, 5) is 35.2. The van der Waals surface area contributed by atoms with Crippen molar-refractivity contribution in [2.24, 2.45) is 0 Å². The number of hydrogen-bond acceptors (Lipinski definition) is 8. The number of aliphatic carboxylic acids is 2. The zero-order chi connectivity index (χ0) is 22.5. The van der Waals surface area contributed by atoms with Gasteiger partial charge in [0.15, 0.2) is 11.5 Å². The average Bonchev–Trinajstić information content (AvgIpc) is 2.68. The highest BCUT2D eigenvalue weighted by atomic mass is 16.6. The molecule has 158 valence electrons. The van der Waals surface area contributed by atoms with Gasteiger partial charge in [0.2, 0.25) is 11.7 Å². The predicted octanol–water partition coefficient (Wildman–Crippen LogP) is 0.871. The number of carbonyl (C=O) groups excluding carboxylic acids is 1. The monoisotopic (exact) mass is 418 g/mol. The number of benzene rings is 2. The van der Waals surface area contributed by atoms with Crippen molar-refractivity contribution >= 4 is 24.0 Å². The highest BCUT2D eigenvalue weighted by molar-refractivity contribution is 5.93. The molecule has 0 saturated carbocycles. The number of aliphatic hydroxyl groups is 1. The first-order chi connectivity index (χ1) is 14.0. The summed E-state index contributed by atoms with van der Waals surface area (Å²) >= 11 is 0. The zero-order valence-corrected chi connectivity index (χ0v) is 15.3. The van der Waals surface area contributed by atoms with Gasteiger partial charge in [0.1, 0.15) is 5.75 Å². The average molecular weight is 418 g/mol. The fourth-order valence-electron chi connectivity index (χ4n) is 2.52. The largest absolute Gasteiger partial charge is 0.508 e.